The average molecular weight is 1000 g/mol. The van der Waals surface area contributed by atoms with Crippen molar-refractivity contribution in [1.29, 1.82) is 0 Å². The second-order valence-corrected chi connectivity index (χ2v) is 22.4. The summed E-state index contributed by atoms with van der Waals surface area (Å²) < 4.78 is 134. The topological polar surface area (TPSA) is 173 Å². The van der Waals surface area contributed by atoms with Crippen molar-refractivity contribution in [3.8, 4) is 44.5 Å². The van der Waals surface area contributed by atoms with Crippen molar-refractivity contribution < 1.29 is 50.4 Å². The molecule has 0 heterocycles. The first-order chi connectivity index (χ1) is 33.1. The maximum Gasteiger partial charge on any atom is 0.296 e. The lowest BCUT2D eigenvalue weighted by atomic mass is 9.93. The minimum absolute atomic E-state index is 0.304. The predicted molar refractivity (Wildman–Crippen MR) is 262 cm³/mol. The molecule has 0 aliphatic carbocycles. The summed E-state index contributed by atoms with van der Waals surface area (Å²) in [5.74, 6) is 0. The largest absolute Gasteiger partial charge is 0.296 e. The van der Waals surface area contributed by atoms with Crippen molar-refractivity contribution in [2.45, 2.75) is 19.6 Å². The highest BCUT2D eigenvalue weighted by atomic mass is 32.2. The van der Waals surface area contributed by atoms with Gasteiger partial charge < -0.3 is 0 Å². The molecule has 0 fully saturated rings. The van der Waals surface area contributed by atoms with E-state index in [9.17, 15) is 33.7 Å². The van der Waals surface area contributed by atoms with Gasteiger partial charge in [0.15, 0.2) is 0 Å². The molecular weight excluding hydrogens is 957 g/mol. The maximum absolute atomic E-state index is 13.9. The Kier molecular flexibility index (Phi) is 14.8. The Hall–Kier alpha value is -6.60. The van der Waals surface area contributed by atoms with Crippen LogP contribution in [0.15, 0.2) is 238 Å². The van der Waals surface area contributed by atoms with Crippen LogP contribution in [0.4, 0.5) is 0 Å². The van der Waals surface area contributed by atoms with Gasteiger partial charge in [-0.15, -0.1) is 0 Å². The lowest BCUT2D eigenvalue weighted by Gasteiger charge is -2.31. The zero-order valence-electron chi connectivity index (χ0n) is 36.6. The first-order valence-corrected chi connectivity index (χ1v) is 26.9. The lowest BCUT2D eigenvalue weighted by molar-refractivity contribution is 0.00406. The van der Waals surface area contributed by atoms with Gasteiger partial charge in [-0.25, -0.2) is 0 Å². The van der Waals surface area contributed by atoms with Crippen molar-refractivity contribution >= 4 is 40.5 Å². The van der Waals surface area contributed by atoms with Crippen molar-refractivity contribution in [2.75, 3.05) is 26.4 Å². The lowest BCUT2D eigenvalue weighted by Crippen LogP contribution is -2.44. The molecule has 0 saturated heterocycles. The van der Waals surface area contributed by atoms with Crippen LogP contribution in [0.5, 0.6) is 0 Å². The molecule has 0 aliphatic rings. The average Bonchev–Trinajstić information content (AvgIpc) is 3.39. The van der Waals surface area contributed by atoms with Crippen LogP contribution in [-0.4, -0.2) is 60.1 Å². The summed E-state index contributed by atoms with van der Waals surface area (Å²) >= 11 is 0. The van der Waals surface area contributed by atoms with Gasteiger partial charge in [-0.2, -0.15) is 33.7 Å². The second kappa shape index (κ2) is 21.0. The highest BCUT2D eigenvalue weighted by Crippen LogP contribution is 2.32. The zero-order chi connectivity index (χ0) is 48.5. The normalized spacial score (nSPS) is 12.4. The molecule has 0 N–H and O–H groups in total. The minimum atomic E-state index is -4.72. The zero-order valence-corrected chi connectivity index (χ0v) is 39.9. The second-order valence-electron chi connectivity index (χ2n) is 15.9. The Labute approximate surface area is 402 Å². The van der Waals surface area contributed by atoms with E-state index in [2.05, 4.69) is 0 Å². The fourth-order valence-electron chi connectivity index (χ4n) is 7.11. The molecule has 0 radical (unpaired) electrons. The fraction of sp³-hybridized carbons (Fsp3) is 0.0943. The monoisotopic (exact) mass is 1000 g/mol. The molecule has 12 nitrogen and oxygen atoms in total. The Morgan fingerprint density at radius 1 is 0.232 bits per heavy atom. The van der Waals surface area contributed by atoms with Gasteiger partial charge in [0.2, 0.25) is 0 Å². The van der Waals surface area contributed by atoms with Gasteiger partial charge in [0.25, 0.3) is 40.5 Å². The Morgan fingerprint density at radius 3 is 0.565 bits per heavy atom. The molecule has 0 aromatic heterocycles. The van der Waals surface area contributed by atoms with Crippen LogP contribution in [0.1, 0.15) is 0 Å². The van der Waals surface area contributed by atoms with Crippen LogP contribution in [0, 0.1) is 5.41 Å². The summed E-state index contributed by atoms with van der Waals surface area (Å²) in [6.45, 7) is -4.32. The van der Waals surface area contributed by atoms with Crippen LogP contribution in [0.2, 0.25) is 0 Å². The molecule has 0 aliphatic heterocycles. The van der Waals surface area contributed by atoms with E-state index in [1.54, 1.807) is 48.5 Å². The Morgan fingerprint density at radius 2 is 0.391 bits per heavy atom. The summed E-state index contributed by atoms with van der Waals surface area (Å²) in [5, 5.41) is 0. The van der Waals surface area contributed by atoms with E-state index < -0.39 is 72.3 Å². The summed E-state index contributed by atoms with van der Waals surface area (Å²) in [4.78, 5) is -1.21. The van der Waals surface area contributed by atoms with E-state index in [1.165, 1.54) is 48.5 Å². The van der Waals surface area contributed by atoms with E-state index in [4.69, 9.17) is 16.7 Å². The van der Waals surface area contributed by atoms with Crippen molar-refractivity contribution in [3.05, 3.63) is 218 Å². The van der Waals surface area contributed by atoms with Gasteiger partial charge in [-0.3, -0.25) is 16.7 Å². The summed E-state index contributed by atoms with van der Waals surface area (Å²) in [7, 11) is -18.9. The molecule has 8 rings (SSSR count). The first kappa shape index (κ1) is 48.8. The molecule has 0 spiro atoms. The summed E-state index contributed by atoms with van der Waals surface area (Å²) in [5.41, 5.74) is 3.77. The fourth-order valence-corrected chi connectivity index (χ4v) is 11.2. The third-order valence-electron chi connectivity index (χ3n) is 11.1. The molecule has 0 saturated carbocycles. The number of benzene rings is 8. The highest BCUT2D eigenvalue weighted by molar-refractivity contribution is 7.87. The van der Waals surface area contributed by atoms with Crippen molar-refractivity contribution in [1.82, 2.24) is 0 Å². The van der Waals surface area contributed by atoms with E-state index in [1.807, 2.05) is 121 Å². The van der Waals surface area contributed by atoms with Crippen molar-refractivity contribution in [3.63, 3.8) is 0 Å². The third-order valence-corrected chi connectivity index (χ3v) is 16.2. The Balaban J connectivity index is 1.13. The first-order valence-electron chi connectivity index (χ1n) is 21.3. The quantitative estimate of drug-likeness (QED) is 0.0662. The van der Waals surface area contributed by atoms with E-state index in [0.717, 1.165) is 22.3 Å². The van der Waals surface area contributed by atoms with Crippen LogP contribution in [0.3, 0.4) is 0 Å². The maximum atomic E-state index is 13.9. The summed E-state index contributed by atoms with van der Waals surface area (Å²) in [6.07, 6.45) is 0. The van der Waals surface area contributed by atoms with Gasteiger partial charge >= 0.3 is 0 Å². The molecule has 8 aromatic carbocycles. The standard InChI is InChI=1S/C53H44O12S4/c54-66(55,49-29-21-45(22-30-49)41-13-5-1-6-14-41)62-37-53(38-63-67(56,57)50-31-23-46(24-32-50)42-15-7-2-8-16-42,39-64-68(58,59)51-33-25-47(26-34-51)43-17-9-3-10-18-43)40-65-69(60,61)52-35-27-48(28-36-52)44-19-11-4-12-20-44/h1-36H,37-40H2. The Bertz CT molecular complexity index is 2960. The van der Waals surface area contributed by atoms with Gasteiger partial charge in [-0.1, -0.05) is 170 Å². The molecule has 0 atom stereocenters. The molecule has 352 valence electrons. The smallest absolute Gasteiger partial charge is 0.266 e. The van der Waals surface area contributed by atoms with Gasteiger partial charge in [0, 0.05) is 0 Å². The molecular formula is C53H44O12S4. The molecule has 0 amide bonds. The van der Waals surface area contributed by atoms with Gasteiger partial charge in [0.1, 0.15) is 0 Å². The van der Waals surface area contributed by atoms with E-state index in [0.29, 0.717) is 22.3 Å². The van der Waals surface area contributed by atoms with Crippen LogP contribution in [-0.2, 0) is 57.2 Å². The number of hydrogen-bond donors (Lipinski definition) is 0. The third kappa shape index (κ3) is 12.2. The van der Waals surface area contributed by atoms with Gasteiger partial charge in [-0.05, 0) is 93.0 Å². The van der Waals surface area contributed by atoms with E-state index >= 15 is 0 Å². The number of rotatable bonds is 20. The van der Waals surface area contributed by atoms with Crippen molar-refractivity contribution in [2.24, 2.45) is 5.41 Å². The van der Waals surface area contributed by atoms with Crippen LogP contribution < -0.4 is 0 Å². The number of hydrogen-bond acceptors (Lipinski definition) is 12. The molecule has 0 bridgehead atoms. The van der Waals surface area contributed by atoms with E-state index in [-0.39, 0.29) is 19.6 Å². The van der Waals surface area contributed by atoms with Crippen LogP contribution >= 0.6 is 0 Å². The highest BCUT2D eigenvalue weighted by Gasteiger charge is 2.40. The molecule has 69 heavy (non-hydrogen) atoms. The molecule has 16 heteroatoms. The molecule has 8 aromatic rings. The minimum Gasteiger partial charge on any atom is -0.266 e. The summed E-state index contributed by atoms with van der Waals surface area (Å²) in [6, 6.07) is 59.7. The SMILES string of the molecule is O=S(=O)(OCC(COS(=O)(=O)c1ccc(-c2ccccc2)cc1)(COS(=O)(=O)c1ccc(-c2ccccc2)cc1)COS(=O)(=O)c1ccc(-c2ccccc2)cc1)c1ccc(-c2ccccc2)cc1. The van der Waals surface area contributed by atoms with Crippen LogP contribution in [0.25, 0.3) is 44.5 Å². The molecule has 0 unspecified atom stereocenters. The predicted octanol–water partition coefficient (Wildman–Crippen LogP) is 10.3. The van der Waals surface area contributed by atoms with Gasteiger partial charge in [0.05, 0.1) is 51.4 Å².